The molecule has 8 heteroatoms. The second kappa shape index (κ2) is 9.56. The van der Waals surface area contributed by atoms with Gasteiger partial charge in [0.15, 0.2) is 5.82 Å². The van der Waals surface area contributed by atoms with Crippen LogP contribution in [0.25, 0.3) is 11.4 Å². The molecular formula is C21H24FN5OS. The van der Waals surface area contributed by atoms with Crippen LogP contribution in [0.5, 0.6) is 0 Å². The lowest BCUT2D eigenvalue weighted by Gasteiger charge is -2.18. The summed E-state index contributed by atoms with van der Waals surface area (Å²) in [5.41, 5.74) is 1.86. The Morgan fingerprint density at radius 3 is 2.52 bits per heavy atom. The molecule has 1 amide bonds. The molecule has 0 aliphatic rings. The highest BCUT2D eigenvalue weighted by atomic mass is 32.2. The molecule has 0 fully saturated rings. The van der Waals surface area contributed by atoms with Crippen LogP contribution in [0.2, 0.25) is 0 Å². The maximum Gasteiger partial charge on any atom is 0.233 e. The SMILES string of the molecule is CC[C@@H](CNC(=O)[C@H](C)Sc1nnc(-c2ccc(F)cc2)n1N)c1ccccc1. The first-order valence-corrected chi connectivity index (χ1v) is 10.3. The van der Waals surface area contributed by atoms with Gasteiger partial charge in [0.2, 0.25) is 11.1 Å². The molecule has 3 N–H and O–H groups in total. The Morgan fingerprint density at radius 1 is 1.17 bits per heavy atom. The second-order valence-corrected chi connectivity index (χ2v) is 8.01. The van der Waals surface area contributed by atoms with E-state index < -0.39 is 5.25 Å². The number of aromatic nitrogens is 3. The van der Waals surface area contributed by atoms with Gasteiger partial charge < -0.3 is 11.2 Å². The van der Waals surface area contributed by atoms with Crippen LogP contribution < -0.4 is 11.2 Å². The lowest BCUT2D eigenvalue weighted by Crippen LogP contribution is -2.34. The van der Waals surface area contributed by atoms with Crippen LogP contribution >= 0.6 is 11.8 Å². The molecule has 0 saturated carbocycles. The van der Waals surface area contributed by atoms with Gasteiger partial charge in [0.25, 0.3) is 0 Å². The van der Waals surface area contributed by atoms with Gasteiger partial charge in [-0.25, -0.2) is 9.07 Å². The molecule has 3 rings (SSSR count). The predicted octanol–water partition coefficient (Wildman–Crippen LogP) is 3.59. The molecule has 0 spiro atoms. The van der Waals surface area contributed by atoms with E-state index in [0.29, 0.717) is 23.1 Å². The van der Waals surface area contributed by atoms with Crippen molar-refractivity contribution < 1.29 is 9.18 Å². The average molecular weight is 414 g/mol. The van der Waals surface area contributed by atoms with Crippen LogP contribution in [0.1, 0.15) is 31.7 Å². The maximum atomic E-state index is 13.1. The van der Waals surface area contributed by atoms with Crippen molar-refractivity contribution in [2.45, 2.75) is 36.6 Å². The lowest BCUT2D eigenvalue weighted by atomic mass is 9.96. The highest BCUT2D eigenvalue weighted by molar-refractivity contribution is 8.00. The van der Waals surface area contributed by atoms with Gasteiger partial charge in [-0.2, -0.15) is 0 Å². The highest BCUT2D eigenvalue weighted by Gasteiger charge is 2.21. The van der Waals surface area contributed by atoms with Crippen LogP contribution in [0.3, 0.4) is 0 Å². The molecule has 0 aliphatic heterocycles. The number of carbonyl (C=O) groups is 1. The van der Waals surface area contributed by atoms with Crippen molar-refractivity contribution in [3.05, 3.63) is 66.0 Å². The Labute approximate surface area is 173 Å². The lowest BCUT2D eigenvalue weighted by molar-refractivity contribution is -0.120. The Hall–Kier alpha value is -2.87. The first-order valence-electron chi connectivity index (χ1n) is 9.45. The van der Waals surface area contributed by atoms with Gasteiger partial charge in [-0.05, 0) is 43.2 Å². The summed E-state index contributed by atoms with van der Waals surface area (Å²) >= 11 is 1.23. The van der Waals surface area contributed by atoms with E-state index in [4.69, 9.17) is 5.84 Å². The monoisotopic (exact) mass is 413 g/mol. The number of nitrogens with two attached hydrogens (primary N) is 1. The van der Waals surface area contributed by atoms with E-state index in [1.807, 2.05) is 18.2 Å². The van der Waals surface area contributed by atoms with Gasteiger partial charge >= 0.3 is 0 Å². The van der Waals surface area contributed by atoms with Gasteiger partial charge in [0.05, 0.1) is 5.25 Å². The molecule has 3 aromatic rings. The van der Waals surface area contributed by atoms with Crippen LogP contribution in [-0.4, -0.2) is 32.6 Å². The zero-order valence-corrected chi connectivity index (χ0v) is 17.2. The summed E-state index contributed by atoms with van der Waals surface area (Å²) in [5, 5.41) is 11.2. The summed E-state index contributed by atoms with van der Waals surface area (Å²) in [6.07, 6.45) is 0.934. The number of benzene rings is 2. The first kappa shape index (κ1) is 20.9. The third kappa shape index (κ3) is 5.14. The molecule has 0 saturated heterocycles. The molecule has 6 nitrogen and oxygen atoms in total. The number of hydrogen-bond acceptors (Lipinski definition) is 5. The van der Waals surface area contributed by atoms with Crippen LogP contribution in [0.15, 0.2) is 59.8 Å². The van der Waals surface area contributed by atoms with Crippen LogP contribution in [-0.2, 0) is 4.79 Å². The summed E-state index contributed by atoms with van der Waals surface area (Å²) < 4.78 is 14.4. The minimum absolute atomic E-state index is 0.0873. The van der Waals surface area contributed by atoms with Crippen molar-refractivity contribution in [2.24, 2.45) is 0 Å². The third-order valence-corrected chi connectivity index (χ3v) is 5.76. The average Bonchev–Trinajstić information content (AvgIpc) is 3.10. The van der Waals surface area contributed by atoms with E-state index in [0.717, 1.165) is 6.42 Å². The molecule has 0 radical (unpaired) electrons. The highest BCUT2D eigenvalue weighted by Crippen LogP contribution is 2.25. The number of carbonyl (C=O) groups excluding carboxylic acids is 1. The standard InChI is InChI=1S/C21H24FN5OS/c1-3-15(16-7-5-4-6-8-16)13-24-20(28)14(2)29-21-26-25-19(27(21)23)17-9-11-18(22)12-10-17/h4-12,14-15H,3,13,23H2,1-2H3,(H,24,28)/t14-,15-/m0/s1. The quantitative estimate of drug-likeness (QED) is 0.435. The van der Waals surface area contributed by atoms with Crippen molar-refractivity contribution in [1.29, 1.82) is 0 Å². The molecule has 0 bridgehead atoms. The third-order valence-electron chi connectivity index (χ3n) is 4.70. The van der Waals surface area contributed by atoms with Crippen molar-refractivity contribution in [1.82, 2.24) is 20.2 Å². The zero-order valence-electron chi connectivity index (χ0n) is 16.4. The molecule has 1 aromatic heterocycles. The Kier molecular flexibility index (Phi) is 6.87. The molecule has 2 aromatic carbocycles. The summed E-state index contributed by atoms with van der Waals surface area (Å²) in [4.78, 5) is 12.6. The van der Waals surface area contributed by atoms with E-state index in [-0.39, 0.29) is 17.6 Å². The van der Waals surface area contributed by atoms with E-state index in [9.17, 15) is 9.18 Å². The normalized spacial score (nSPS) is 13.1. The fourth-order valence-corrected chi connectivity index (χ4v) is 3.75. The molecule has 152 valence electrons. The number of rotatable bonds is 8. The number of nitrogens with zero attached hydrogens (tertiary/aromatic N) is 3. The first-order chi connectivity index (χ1) is 14.0. The predicted molar refractivity (Wildman–Crippen MR) is 113 cm³/mol. The van der Waals surface area contributed by atoms with Gasteiger partial charge in [-0.1, -0.05) is 49.0 Å². The minimum atomic E-state index is -0.393. The van der Waals surface area contributed by atoms with Crippen molar-refractivity contribution in [2.75, 3.05) is 12.4 Å². The van der Waals surface area contributed by atoms with Gasteiger partial charge in [0.1, 0.15) is 5.82 Å². The minimum Gasteiger partial charge on any atom is -0.355 e. The largest absolute Gasteiger partial charge is 0.355 e. The van der Waals surface area contributed by atoms with Gasteiger partial charge in [-0.3, -0.25) is 4.79 Å². The van der Waals surface area contributed by atoms with Crippen molar-refractivity contribution in [3.8, 4) is 11.4 Å². The number of thioether (sulfide) groups is 1. The molecule has 0 unspecified atom stereocenters. The van der Waals surface area contributed by atoms with E-state index in [2.05, 4.69) is 34.6 Å². The molecule has 29 heavy (non-hydrogen) atoms. The smallest absolute Gasteiger partial charge is 0.233 e. The maximum absolute atomic E-state index is 13.1. The van der Waals surface area contributed by atoms with Crippen LogP contribution in [0, 0.1) is 5.82 Å². The van der Waals surface area contributed by atoms with Crippen molar-refractivity contribution in [3.63, 3.8) is 0 Å². The number of amides is 1. The fraction of sp³-hybridized carbons (Fsp3) is 0.286. The fourth-order valence-electron chi connectivity index (χ4n) is 2.96. The van der Waals surface area contributed by atoms with E-state index >= 15 is 0 Å². The summed E-state index contributed by atoms with van der Waals surface area (Å²) in [6.45, 7) is 4.48. The molecule has 0 aliphatic carbocycles. The summed E-state index contributed by atoms with van der Waals surface area (Å²) in [5.74, 6) is 6.34. The number of nitrogens with one attached hydrogen (secondary N) is 1. The molecule has 2 atom stereocenters. The zero-order chi connectivity index (χ0) is 20.8. The number of halogens is 1. The Morgan fingerprint density at radius 2 is 1.86 bits per heavy atom. The van der Waals surface area contributed by atoms with Crippen LogP contribution in [0.4, 0.5) is 4.39 Å². The van der Waals surface area contributed by atoms with E-state index in [1.54, 1.807) is 19.1 Å². The Balaban J connectivity index is 1.60. The van der Waals surface area contributed by atoms with Gasteiger partial charge in [-0.15, -0.1) is 10.2 Å². The number of hydrogen-bond donors (Lipinski definition) is 2. The second-order valence-electron chi connectivity index (χ2n) is 6.70. The van der Waals surface area contributed by atoms with Gasteiger partial charge in [0, 0.05) is 18.0 Å². The summed E-state index contributed by atoms with van der Waals surface area (Å²) in [6, 6.07) is 16.0. The molecular weight excluding hydrogens is 389 g/mol. The topological polar surface area (TPSA) is 85.8 Å². The van der Waals surface area contributed by atoms with E-state index in [1.165, 1.54) is 34.1 Å². The Bertz CT molecular complexity index is 945. The molecule has 1 heterocycles. The number of nitrogen functional groups attached to an aromatic ring is 1. The summed E-state index contributed by atoms with van der Waals surface area (Å²) in [7, 11) is 0. The van der Waals surface area contributed by atoms with Crippen molar-refractivity contribution >= 4 is 17.7 Å².